The van der Waals surface area contributed by atoms with E-state index in [4.69, 9.17) is 0 Å². The van der Waals surface area contributed by atoms with Gasteiger partial charge in [0.25, 0.3) is 5.56 Å². The number of thiazole rings is 1. The summed E-state index contributed by atoms with van der Waals surface area (Å²) in [5.41, 5.74) is 1.13. The molecule has 33 heavy (non-hydrogen) atoms. The number of anilines is 1. The van der Waals surface area contributed by atoms with E-state index in [0.29, 0.717) is 22.1 Å². The molecule has 0 saturated carbocycles. The number of aromatic nitrogens is 7. The smallest absolute Gasteiger partial charge is 0.312 e. The minimum atomic E-state index is -0.866. The van der Waals surface area contributed by atoms with Crippen LogP contribution in [0.3, 0.4) is 0 Å². The first-order valence-corrected chi connectivity index (χ1v) is 10.8. The Labute approximate surface area is 190 Å². The number of imidazole rings is 1. The van der Waals surface area contributed by atoms with Gasteiger partial charge in [-0.15, -0.1) is 11.3 Å². The van der Waals surface area contributed by atoms with Crippen molar-refractivity contribution in [3.05, 3.63) is 50.9 Å². The first kappa shape index (κ1) is 22.2. The second kappa shape index (κ2) is 8.50. The zero-order valence-electron chi connectivity index (χ0n) is 18.3. The fraction of sp³-hybridized carbons (Fsp3) is 0.300. The van der Waals surface area contributed by atoms with Crippen molar-refractivity contribution in [3.8, 4) is 10.4 Å². The topological polar surface area (TPSA) is 147 Å². The molecule has 4 heterocycles. The second-order valence-corrected chi connectivity index (χ2v) is 8.33. The summed E-state index contributed by atoms with van der Waals surface area (Å²) in [6.07, 6.45) is 4.62. The summed E-state index contributed by atoms with van der Waals surface area (Å²) in [6, 6.07) is -0.866. The number of carbonyl (C=O) groups is 2. The number of rotatable bonds is 6. The number of aryl methyl sites for hydroxylation is 2. The van der Waals surface area contributed by atoms with Gasteiger partial charge in [-0.05, 0) is 20.8 Å². The van der Waals surface area contributed by atoms with Gasteiger partial charge in [-0.3, -0.25) is 23.5 Å². The summed E-state index contributed by atoms with van der Waals surface area (Å²) in [4.78, 5) is 67.5. The van der Waals surface area contributed by atoms with Crippen LogP contribution in [0, 0.1) is 6.92 Å². The second-order valence-electron chi connectivity index (χ2n) is 7.47. The molecule has 13 heteroatoms. The van der Waals surface area contributed by atoms with Gasteiger partial charge in [-0.2, -0.15) is 0 Å². The van der Waals surface area contributed by atoms with Crippen molar-refractivity contribution < 1.29 is 9.59 Å². The molecular formula is C20H20N8O4S. The number of carbonyl (C=O) groups excluding carboxylic acids is 2. The molecule has 4 rings (SSSR count). The van der Waals surface area contributed by atoms with Gasteiger partial charge in [0.15, 0.2) is 17.0 Å². The third-order valence-corrected chi connectivity index (χ3v) is 5.96. The molecule has 4 aromatic rings. The Kier molecular flexibility index (Phi) is 5.72. The first-order valence-electron chi connectivity index (χ1n) is 9.88. The number of fused-ring (bicyclic) bond motifs is 1. The summed E-state index contributed by atoms with van der Waals surface area (Å²) in [6.45, 7) is 4.29. The van der Waals surface area contributed by atoms with E-state index in [1.165, 1.54) is 40.8 Å². The molecule has 0 bridgehead atoms. The average Bonchev–Trinajstić information content (AvgIpc) is 3.42. The molecule has 1 amide bonds. The lowest BCUT2D eigenvalue weighted by molar-refractivity contribution is -0.119. The van der Waals surface area contributed by atoms with E-state index in [1.54, 1.807) is 31.8 Å². The summed E-state index contributed by atoms with van der Waals surface area (Å²) in [5, 5.41) is 2.77. The molecule has 1 N–H and O–H groups in total. The monoisotopic (exact) mass is 468 g/mol. The Morgan fingerprint density at radius 1 is 1.15 bits per heavy atom. The van der Waals surface area contributed by atoms with Crippen LogP contribution in [0.1, 0.15) is 25.7 Å². The van der Waals surface area contributed by atoms with E-state index < -0.39 is 23.2 Å². The third-order valence-electron chi connectivity index (χ3n) is 5.09. The Bertz CT molecular complexity index is 1500. The van der Waals surface area contributed by atoms with E-state index in [9.17, 15) is 19.2 Å². The largest absolute Gasteiger partial charge is 0.332 e. The van der Waals surface area contributed by atoms with Crippen LogP contribution in [0.5, 0.6) is 0 Å². The molecule has 0 radical (unpaired) electrons. The Morgan fingerprint density at radius 3 is 2.52 bits per heavy atom. The summed E-state index contributed by atoms with van der Waals surface area (Å²) >= 11 is 1.33. The summed E-state index contributed by atoms with van der Waals surface area (Å²) < 4.78 is 3.39. The van der Waals surface area contributed by atoms with Gasteiger partial charge in [0.2, 0.25) is 5.91 Å². The number of nitrogens with zero attached hydrogens (tertiary/aromatic N) is 7. The summed E-state index contributed by atoms with van der Waals surface area (Å²) in [5.74, 6) is 0.178. The number of hydrogen-bond donors (Lipinski definition) is 1. The van der Waals surface area contributed by atoms with Crippen molar-refractivity contribution in [1.82, 2.24) is 33.6 Å². The number of hydrogen-bond acceptors (Lipinski definition) is 9. The van der Waals surface area contributed by atoms with Gasteiger partial charge < -0.3 is 9.88 Å². The molecule has 170 valence electrons. The van der Waals surface area contributed by atoms with Gasteiger partial charge in [0.1, 0.15) is 17.6 Å². The maximum Gasteiger partial charge on any atom is 0.332 e. The molecule has 0 aliphatic heterocycles. The predicted molar refractivity (Wildman–Crippen MR) is 121 cm³/mol. The van der Waals surface area contributed by atoms with Crippen LogP contribution in [0.2, 0.25) is 0 Å². The molecule has 12 nitrogen and oxygen atoms in total. The van der Waals surface area contributed by atoms with Crippen LogP contribution in [0.25, 0.3) is 21.6 Å². The van der Waals surface area contributed by atoms with Gasteiger partial charge >= 0.3 is 5.69 Å². The fourth-order valence-corrected chi connectivity index (χ4v) is 4.06. The van der Waals surface area contributed by atoms with Gasteiger partial charge in [0.05, 0.1) is 23.3 Å². The predicted octanol–water partition coefficient (Wildman–Crippen LogP) is 0.907. The molecule has 0 fully saturated rings. The quantitative estimate of drug-likeness (QED) is 0.439. The van der Waals surface area contributed by atoms with Crippen molar-refractivity contribution in [2.24, 2.45) is 7.05 Å². The Morgan fingerprint density at radius 2 is 1.85 bits per heavy atom. The van der Waals surface area contributed by atoms with Gasteiger partial charge in [-0.1, -0.05) is 0 Å². The van der Waals surface area contributed by atoms with Crippen LogP contribution < -0.4 is 16.6 Å². The standard InChI is InChI=1S/C20H20N8O4S/c1-10(29)7-27-19(31)14-17(26(4)20(27)32)23-8-28(14)11(2)18(30)25-16-15(33-9-24-16)13-5-21-12(3)22-6-13/h5-6,8-9,11H,7H2,1-4H3,(H,25,30)/t11-/m0/s1. The SMILES string of the molecule is CC(=O)Cn1c(=O)c2c(ncn2[C@@H](C)C(=O)Nc2ncsc2-c2cnc(C)nc2)n(C)c1=O. The number of amides is 1. The van der Waals surface area contributed by atoms with Crippen molar-refractivity contribution >= 4 is 40.0 Å². The van der Waals surface area contributed by atoms with Crippen LogP contribution in [0.4, 0.5) is 5.82 Å². The highest BCUT2D eigenvalue weighted by atomic mass is 32.1. The lowest BCUT2D eigenvalue weighted by Crippen LogP contribution is -2.41. The molecule has 0 saturated heterocycles. The number of ketones is 1. The fourth-order valence-electron chi connectivity index (χ4n) is 3.34. The number of nitrogens with one attached hydrogen (secondary N) is 1. The van der Waals surface area contributed by atoms with E-state index in [-0.39, 0.29) is 23.5 Å². The Balaban J connectivity index is 1.70. The van der Waals surface area contributed by atoms with Crippen LogP contribution in [-0.2, 0) is 23.2 Å². The Hall–Kier alpha value is -4.00. The lowest BCUT2D eigenvalue weighted by Gasteiger charge is -2.15. The van der Waals surface area contributed by atoms with Crippen molar-refractivity contribution in [2.45, 2.75) is 33.4 Å². The molecule has 0 spiro atoms. The van der Waals surface area contributed by atoms with Gasteiger partial charge in [-0.25, -0.2) is 24.7 Å². The van der Waals surface area contributed by atoms with E-state index in [2.05, 4.69) is 25.3 Å². The van der Waals surface area contributed by atoms with Crippen molar-refractivity contribution in [2.75, 3.05) is 5.32 Å². The average molecular weight is 468 g/mol. The van der Waals surface area contributed by atoms with Crippen molar-refractivity contribution in [1.29, 1.82) is 0 Å². The zero-order chi connectivity index (χ0) is 23.9. The molecule has 0 aliphatic rings. The normalized spacial score (nSPS) is 12.1. The van der Waals surface area contributed by atoms with E-state index in [0.717, 1.165) is 4.57 Å². The van der Waals surface area contributed by atoms with Crippen LogP contribution in [0.15, 0.2) is 33.8 Å². The van der Waals surface area contributed by atoms with Crippen LogP contribution >= 0.6 is 11.3 Å². The maximum absolute atomic E-state index is 13.1. The molecular weight excluding hydrogens is 448 g/mol. The summed E-state index contributed by atoms with van der Waals surface area (Å²) in [7, 11) is 1.45. The van der Waals surface area contributed by atoms with Gasteiger partial charge in [0, 0.05) is 25.0 Å². The molecule has 0 aromatic carbocycles. The molecule has 0 unspecified atom stereocenters. The zero-order valence-corrected chi connectivity index (χ0v) is 19.1. The molecule has 4 aromatic heterocycles. The maximum atomic E-state index is 13.1. The highest BCUT2D eigenvalue weighted by Gasteiger charge is 2.24. The first-order chi connectivity index (χ1) is 15.7. The van der Waals surface area contributed by atoms with E-state index in [1.807, 2.05) is 0 Å². The minimum absolute atomic E-state index is 0.0476. The molecule has 0 aliphatic carbocycles. The molecule has 1 atom stereocenters. The minimum Gasteiger partial charge on any atom is -0.312 e. The third kappa shape index (κ3) is 3.98. The van der Waals surface area contributed by atoms with E-state index >= 15 is 0 Å². The highest BCUT2D eigenvalue weighted by molar-refractivity contribution is 7.13. The van der Waals surface area contributed by atoms with Crippen molar-refractivity contribution in [3.63, 3.8) is 0 Å². The number of Topliss-reactive ketones (excluding diaryl/α,β-unsaturated/α-hetero) is 1. The highest BCUT2D eigenvalue weighted by Crippen LogP contribution is 2.31. The lowest BCUT2D eigenvalue weighted by atomic mass is 10.2. The van der Waals surface area contributed by atoms with Crippen LogP contribution in [-0.4, -0.2) is 45.3 Å².